The molecule has 0 radical (unpaired) electrons. The van der Waals surface area contributed by atoms with E-state index in [1.165, 1.54) is 0 Å². The first-order chi connectivity index (χ1) is 12.0. The fourth-order valence-corrected chi connectivity index (χ4v) is 3.10. The maximum Gasteiger partial charge on any atom is 0.156 e. The second-order valence-corrected chi connectivity index (χ2v) is 7.21. The highest BCUT2D eigenvalue weighted by Gasteiger charge is 2.20. The molecule has 0 aliphatic heterocycles. The SMILES string of the molecule is CC(CCCC(C)(C)O)n1cnc(-c2ccccc2)c1-c1ncc[nH]1. The number of nitrogens with one attached hydrogen (secondary N) is 1. The first kappa shape index (κ1) is 17.4. The Morgan fingerprint density at radius 1 is 1.20 bits per heavy atom. The maximum atomic E-state index is 9.92. The number of benzene rings is 1. The summed E-state index contributed by atoms with van der Waals surface area (Å²) in [6.45, 7) is 5.90. The van der Waals surface area contributed by atoms with Crippen molar-refractivity contribution in [1.82, 2.24) is 19.5 Å². The van der Waals surface area contributed by atoms with Crippen LogP contribution in [0.3, 0.4) is 0 Å². The van der Waals surface area contributed by atoms with Crippen LogP contribution in [0.15, 0.2) is 49.1 Å². The third-order valence-corrected chi connectivity index (χ3v) is 4.45. The summed E-state index contributed by atoms with van der Waals surface area (Å²) in [6.07, 6.45) is 8.22. The average molecular weight is 338 g/mol. The molecule has 0 bridgehead atoms. The largest absolute Gasteiger partial charge is 0.390 e. The lowest BCUT2D eigenvalue weighted by Crippen LogP contribution is -2.18. The number of H-pyrrole nitrogens is 1. The van der Waals surface area contributed by atoms with Crippen LogP contribution >= 0.6 is 0 Å². The maximum absolute atomic E-state index is 9.92. The second-order valence-electron chi connectivity index (χ2n) is 7.21. The Balaban J connectivity index is 1.91. The summed E-state index contributed by atoms with van der Waals surface area (Å²) in [4.78, 5) is 12.3. The number of rotatable bonds is 7. The van der Waals surface area contributed by atoms with Crippen LogP contribution in [0.25, 0.3) is 22.8 Å². The Morgan fingerprint density at radius 3 is 2.60 bits per heavy atom. The number of aromatic amines is 1. The minimum atomic E-state index is -0.617. The van der Waals surface area contributed by atoms with E-state index in [-0.39, 0.29) is 6.04 Å². The van der Waals surface area contributed by atoms with Gasteiger partial charge in [0, 0.05) is 24.0 Å². The Kier molecular flexibility index (Phi) is 5.04. The van der Waals surface area contributed by atoms with Gasteiger partial charge in [0.1, 0.15) is 5.69 Å². The summed E-state index contributed by atoms with van der Waals surface area (Å²) in [5, 5.41) is 9.92. The van der Waals surface area contributed by atoms with Gasteiger partial charge in [0.2, 0.25) is 0 Å². The average Bonchev–Trinajstić information content (AvgIpc) is 3.23. The molecular formula is C20H26N4O. The van der Waals surface area contributed by atoms with E-state index in [9.17, 15) is 5.11 Å². The molecule has 2 N–H and O–H groups in total. The highest BCUT2D eigenvalue weighted by Crippen LogP contribution is 2.32. The van der Waals surface area contributed by atoms with Crippen LogP contribution < -0.4 is 0 Å². The fraction of sp³-hybridized carbons (Fsp3) is 0.400. The molecule has 2 aromatic heterocycles. The third kappa shape index (κ3) is 4.17. The molecule has 3 aromatic rings. The minimum absolute atomic E-state index is 0.271. The van der Waals surface area contributed by atoms with Crippen LogP contribution in [0.1, 0.15) is 46.1 Å². The van der Waals surface area contributed by atoms with Crippen molar-refractivity contribution in [3.63, 3.8) is 0 Å². The van der Waals surface area contributed by atoms with Crippen molar-refractivity contribution in [1.29, 1.82) is 0 Å². The number of hydrogen-bond donors (Lipinski definition) is 2. The van der Waals surface area contributed by atoms with Crippen molar-refractivity contribution < 1.29 is 5.11 Å². The van der Waals surface area contributed by atoms with Crippen LogP contribution in [0, 0.1) is 0 Å². The summed E-state index contributed by atoms with van der Waals surface area (Å²) in [6, 6.07) is 10.5. The van der Waals surface area contributed by atoms with Crippen LogP contribution in [0.5, 0.6) is 0 Å². The zero-order valence-corrected chi connectivity index (χ0v) is 15.1. The molecule has 3 rings (SSSR count). The molecular weight excluding hydrogens is 312 g/mol. The smallest absolute Gasteiger partial charge is 0.156 e. The standard InChI is InChI=1S/C20H26N4O/c1-15(8-7-11-20(2,3)25)24-14-23-17(16-9-5-4-6-10-16)18(24)19-21-12-13-22-19/h4-6,9-10,12-15,25H,7-8,11H2,1-3H3,(H,21,22). The van der Waals surface area contributed by atoms with Crippen molar-refractivity contribution in [2.45, 2.75) is 51.7 Å². The van der Waals surface area contributed by atoms with E-state index >= 15 is 0 Å². The summed E-state index contributed by atoms with van der Waals surface area (Å²) < 4.78 is 2.19. The van der Waals surface area contributed by atoms with Crippen molar-refractivity contribution >= 4 is 0 Å². The van der Waals surface area contributed by atoms with Gasteiger partial charge in [-0.2, -0.15) is 0 Å². The van der Waals surface area contributed by atoms with Crippen LogP contribution in [-0.4, -0.2) is 30.2 Å². The number of aliphatic hydroxyl groups is 1. The molecule has 0 fully saturated rings. The Bertz CT molecular complexity index is 785. The first-order valence-electron chi connectivity index (χ1n) is 8.80. The van der Waals surface area contributed by atoms with E-state index in [1.807, 2.05) is 44.6 Å². The molecule has 0 spiro atoms. The number of imidazole rings is 2. The van der Waals surface area contributed by atoms with Crippen molar-refractivity contribution in [2.75, 3.05) is 0 Å². The van der Waals surface area contributed by atoms with E-state index in [2.05, 4.69) is 38.6 Å². The summed E-state index contributed by atoms with van der Waals surface area (Å²) in [5.74, 6) is 0.825. The highest BCUT2D eigenvalue weighted by molar-refractivity contribution is 5.75. The molecule has 0 amide bonds. The van der Waals surface area contributed by atoms with Crippen LogP contribution in [-0.2, 0) is 0 Å². The molecule has 0 saturated carbocycles. The van der Waals surface area contributed by atoms with E-state index in [4.69, 9.17) is 0 Å². The third-order valence-electron chi connectivity index (χ3n) is 4.45. The minimum Gasteiger partial charge on any atom is -0.390 e. The Morgan fingerprint density at radius 2 is 1.96 bits per heavy atom. The molecule has 5 heteroatoms. The second kappa shape index (κ2) is 7.23. The molecule has 1 unspecified atom stereocenters. The predicted octanol–water partition coefficient (Wildman–Crippen LogP) is 4.44. The highest BCUT2D eigenvalue weighted by atomic mass is 16.3. The van der Waals surface area contributed by atoms with Gasteiger partial charge in [-0.1, -0.05) is 30.3 Å². The van der Waals surface area contributed by atoms with Crippen LogP contribution in [0.4, 0.5) is 0 Å². The van der Waals surface area contributed by atoms with Gasteiger partial charge >= 0.3 is 0 Å². The van der Waals surface area contributed by atoms with Gasteiger partial charge in [-0.05, 0) is 40.0 Å². The van der Waals surface area contributed by atoms with Crippen molar-refractivity contribution in [3.05, 3.63) is 49.1 Å². The van der Waals surface area contributed by atoms with E-state index in [1.54, 1.807) is 6.20 Å². The lowest BCUT2D eigenvalue weighted by atomic mass is 9.99. The molecule has 0 saturated heterocycles. The number of nitrogens with zero attached hydrogens (tertiary/aromatic N) is 3. The van der Waals surface area contributed by atoms with Gasteiger partial charge in [0.15, 0.2) is 5.82 Å². The van der Waals surface area contributed by atoms with Gasteiger partial charge in [0.25, 0.3) is 0 Å². The van der Waals surface area contributed by atoms with Crippen molar-refractivity contribution in [2.24, 2.45) is 0 Å². The molecule has 132 valence electrons. The molecule has 25 heavy (non-hydrogen) atoms. The van der Waals surface area contributed by atoms with Gasteiger partial charge in [0.05, 0.1) is 17.6 Å². The topological polar surface area (TPSA) is 66.7 Å². The Labute approximate surface area is 148 Å². The van der Waals surface area contributed by atoms with E-state index in [0.29, 0.717) is 0 Å². The van der Waals surface area contributed by atoms with Gasteiger partial charge in [-0.15, -0.1) is 0 Å². The molecule has 0 aliphatic carbocycles. The number of aromatic nitrogens is 4. The van der Waals surface area contributed by atoms with Gasteiger partial charge in [-0.3, -0.25) is 0 Å². The van der Waals surface area contributed by atoms with Gasteiger partial charge in [-0.25, -0.2) is 9.97 Å². The monoisotopic (exact) mass is 338 g/mol. The molecule has 0 aliphatic rings. The zero-order valence-electron chi connectivity index (χ0n) is 15.1. The lowest BCUT2D eigenvalue weighted by Gasteiger charge is -2.20. The van der Waals surface area contributed by atoms with Crippen LogP contribution in [0.2, 0.25) is 0 Å². The van der Waals surface area contributed by atoms with Gasteiger partial charge < -0.3 is 14.7 Å². The molecule has 1 aromatic carbocycles. The fourth-order valence-electron chi connectivity index (χ4n) is 3.10. The van der Waals surface area contributed by atoms with E-state index in [0.717, 1.165) is 42.0 Å². The number of hydrogen-bond acceptors (Lipinski definition) is 3. The summed E-state index contributed by atoms with van der Waals surface area (Å²) >= 11 is 0. The zero-order chi connectivity index (χ0) is 17.9. The predicted molar refractivity (Wildman–Crippen MR) is 100 cm³/mol. The molecule has 2 heterocycles. The quantitative estimate of drug-likeness (QED) is 0.669. The lowest BCUT2D eigenvalue weighted by molar-refractivity contribution is 0.0672. The molecule has 1 atom stereocenters. The Hall–Kier alpha value is -2.40. The summed E-state index contributed by atoms with van der Waals surface area (Å²) in [5.41, 5.74) is 2.40. The molecule has 5 nitrogen and oxygen atoms in total. The van der Waals surface area contributed by atoms with E-state index < -0.39 is 5.60 Å². The normalized spacial score (nSPS) is 13.1. The summed E-state index contributed by atoms with van der Waals surface area (Å²) in [7, 11) is 0. The van der Waals surface area contributed by atoms with Crippen molar-refractivity contribution in [3.8, 4) is 22.8 Å². The first-order valence-corrected chi connectivity index (χ1v) is 8.80.